The molecule has 0 saturated carbocycles. The van der Waals surface area contributed by atoms with E-state index in [9.17, 15) is 0 Å². The molecule has 0 rings (SSSR count). The van der Waals surface area contributed by atoms with E-state index in [4.69, 9.17) is 28.8 Å². The van der Waals surface area contributed by atoms with E-state index in [2.05, 4.69) is 116 Å². The largest absolute Gasteiger partial charge is 0.449 e. The summed E-state index contributed by atoms with van der Waals surface area (Å²) < 4.78 is 47.7. The monoisotopic (exact) mass is 817 g/mol. The molecule has 0 saturated heterocycles. The van der Waals surface area contributed by atoms with E-state index in [0.29, 0.717) is 47.1 Å². The van der Waals surface area contributed by atoms with Crippen LogP contribution in [-0.4, -0.2) is 87.9 Å². The predicted octanol–water partition coefficient (Wildman–Crippen LogP) is 5.56. The summed E-state index contributed by atoms with van der Waals surface area (Å²) in [6, 6.07) is 7.23. The SMILES string of the molecule is CCC(NC)[Si](CC(C)C)(CC(C)C)O[Si](CC(C)C)(CC(C)C)O[Si](CC(C)C)(CC(C)C)O[SiH](CC(C)C)O[SiH2]O[SiH2]O[SiH2]O[SiH3]. The van der Waals surface area contributed by atoms with Crippen molar-refractivity contribution >= 4 is 75.2 Å². The van der Waals surface area contributed by atoms with Crippen molar-refractivity contribution in [2.45, 2.75) is 158 Å². The molecule has 16 heteroatoms. The molecule has 0 aliphatic heterocycles. The minimum atomic E-state index is -2.83. The molecular weight excluding hydrogens is 735 g/mol. The molecule has 290 valence electrons. The van der Waals surface area contributed by atoms with E-state index in [-0.39, 0.29) is 0 Å². The zero-order valence-electron chi connectivity index (χ0n) is 34.8. The van der Waals surface area contributed by atoms with Crippen molar-refractivity contribution in [1.82, 2.24) is 5.32 Å². The quantitative estimate of drug-likeness (QED) is 0.0747. The van der Waals surface area contributed by atoms with Crippen molar-refractivity contribution in [2.24, 2.45) is 41.4 Å². The van der Waals surface area contributed by atoms with Gasteiger partial charge in [0.15, 0.2) is 8.32 Å². The summed E-state index contributed by atoms with van der Waals surface area (Å²) in [5.41, 5.74) is 0.383. The first-order valence-electron chi connectivity index (χ1n) is 19.3. The third-order valence-electron chi connectivity index (χ3n) is 8.25. The standard InChI is InChI=1S/C32H83NO7Si8/c1-17-32(33-16)46(19-26(4)5,20-27(6)7)39-48(23-30(12)13,24-31(14)15)40-47(21-28(8)9,22-29(10)11)38-45(18-25(2)3)37-44-36-43-35-42-34-41/h25-33,45H,17-24,42-44H2,1-16,41H3. The molecule has 0 amide bonds. The summed E-state index contributed by atoms with van der Waals surface area (Å²) in [4.78, 5) is 0. The molecule has 0 fully saturated rings. The van der Waals surface area contributed by atoms with Crippen LogP contribution in [0.5, 0.6) is 0 Å². The molecule has 2 atom stereocenters. The Hall–Kier alpha value is 1.42. The number of hydrogen-bond donors (Lipinski definition) is 1. The molecule has 0 heterocycles. The van der Waals surface area contributed by atoms with Crippen LogP contribution in [0.3, 0.4) is 0 Å². The van der Waals surface area contributed by atoms with Gasteiger partial charge in [-0.3, -0.25) is 0 Å². The smallest absolute Gasteiger partial charge is 0.320 e. The van der Waals surface area contributed by atoms with Crippen LogP contribution in [0.15, 0.2) is 0 Å². The van der Waals surface area contributed by atoms with E-state index >= 15 is 0 Å². The Morgan fingerprint density at radius 3 is 1.40 bits per heavy atom. The minimum absolute atomic E-state index is 0.383. The summed E-state index contributed by atoms with van der Waals surface area (Å²) in [5, 5.41) is 3.81. The highest BCUT2D eigenvalue weighted by molar-refractivity contribution is 6.90. The summed E-state index contributed by atoms with van der Waals surface area (Å²) in [6.45, 7) is 35.3. The second kappa shape index (κ2) is 25.4. The molecule has 0 spiro atoms. The predicted molar refractivity (Wildman–Crippen MR) is 228 cm³/mol. The Morgan fingerprint density at radius 1 is 0.583 bits per heavy atom. The number of nitrogens with one attached hydrogen (secondary N) is 1. The molecule has 2 unspecified atom stereocenters. The Morgan fingerprint density at radius 2 is 1.02 bits per heavy atom. The highest BCUT2D eigenvalue weighted by Gasteiger charge is 2.56. The van der Waals surface area contributed by atoms with Crippen LogP contribution in [0.1, 0.15) is 110 Å². The van der Waals surface area contributed by atoms with Gasteiger partial charge < -0.3 is 34.1 Å². The lowest BCUT2D eigenvalue weighted by Gasteiger charge is -2.51. The van der Waals surface area contributed by atoms with Crippen molar-refractivity contribution in [2.75, 3.05) is 7.05 Å². The van der Waals surface area contributed by atoms with Gasteiger partial charge in [0.25, 0.3) is 30.0 Å². The molecule has 0 aliphatic carbocycles. The fourth-order valence-corrected chi connectivity index (χ4v) is 39.1. The normalized spacial score (nSPS) is 15.8. The van der Waals surface area contributed by atoms with E-state index in [1.807, 2.05) is 0 Å². The van der Waals surface area contributed by atoms with E-state index in [1.54, 1.807) is 0 Å². The van der Waals surface area contributed by atoms with Crippen LogP contribution in [0.25, 0.3) is 0 Å². The third kappa shape index (κ3) is 20.6. The van der Waals surface area contributed by atoms with Crippen LogP contribution in [-0.2, 0) is 28.8 Å². The first kappa shape index (κ1) is 49.4. The fraction of sp³-hybridized carbons (Fsp3) is 1.00. The van der Waals surface area contributed by atoms with Crippen molar-refractivity contribution in [1.29, 1.82) is 0 Å². The summed E-state index contributed by atoms with van der Waals surface area (Å²) in [6.07, 6.45) is 1.08. The summed E-state index contributed by atoms with van der Waals surface area (Å²) in [7, 11) is -10.3. The topological polar surface area (TPSA) is 76.6 Å². The lowest BCUT2D eigenvalue weighted by molar-refractivity contribution is 0.257. The van der Waals surface area contributed by atoms with Crippen molar-refractivity contribution in [3.05, 3.63) is 0 Å². The molecule has 0 aromatic rings. The van der Waals surface area contributed by atoms with Crippen LogP contribution in [0, 0.1) is 41.4 Å². The molecule has 48 heavy (non-hydrogen) atoms. The van der Waals surface area contributed by atoms with Crippen LogP contribution in [0.4, 0.5) is 0 Å². The maximum Gasteiger partial charge on any atom is 0.320 e. The molecular formula is C32H83NO7Si8. The molecule has 0 bridgehead atoms. The second-order valence-corrected chi connectivity index (χ2v) is 37.8. The maximum absolute atomic E-state index is 8.22. The molecule has 0 aromatic carbocycles. The van der Waals surface area contributed by atoms with Gasteiger partial charge in [-0.05, 0) is 97.2 Å². The van der Waals surface area contributed by atoms with Gasteiger partial charge in [0.2, 0.25) is 0 Å². The Labute approximate surface area is 314 Å². The van der Waals surface area contributed by atoms with Gasteiger partial charge >= 0.3 is 26.4 Å². The average Bonchev–Trinajstić information content (AvgIpc) is 2.88. The van der Waals surface area contributed by atoms with Gasteiger partial charge in [-0.1, -0.05) is 104 Å². The highest BCUT2D eigenvalue weighted by Crippen LogP contribution is 2.43. The van der Waals surface area contributed by atoms with Gasteiger partial charge in [0, 0.05) is 5.67 Å². The van der Waals surface area contributed by atoms with Gasteiger partial charge in [-0.2, -0.15) is 0 Å². The van der Waals surface area contributed by atoms with Crippen molar-refractivity contribution in [3.63, 3.8) is 0 Å². The molecule has 0 aliphatic rings. The van der Waals surface area contributed by atoms with Crippen molar-refractivity contribution < 1.29 is 28.8 Å². The molecule has 1 N–H and O–H groups in total. The average molecular weight is 819 g/mol. The minimum Gasteiger partial charge on any atom is -0.449 e. The van der Waals surface area contributed by atoms with Crippen LogP contribution in [0.2, 0.25) is 42.3 Å². The lowest BCUT2D eigenvalue weighted by atomic mass is 10.3. The Kier molecular flexibility index (Phi) is 26.2. The Bertz CT molecular complexity index is 778. The summed E-state index contributed by atoms with van der Waals surface area (Å²) >= 11 is 0. The van der Waals surface area contributed by atoms with Gasteiger partial charge in [-0.15, -0.1) is 0 Å². The molecule has 0 aromatic heterocycles. The molecule has 8 nitrogen and oxygen atoms in total. The third-order valence-corrected chi connectivity index (χ3v) is 34.8. The number of hydrogen-bond acceptors (Lipinski definition) is 8. The van der Waals surface area contributed by atoms with Gasteiger partial charge in [0.1, 0.15) is 10.5 Å². The van der Waals surface area contributed by atoms with Crippen LogP contribution >= 0.6 is 0 Å². The van der Waals surface area contributed by atoms with Gasteiger partial charge in [-0.25, -0.2) is 0 Å². The highest BCUT2D eigenvalue weighted by atomic mass is 28.5. The zero-order chi connectivity index (χ0) is 37.1. The first-order valence-corrected chi connectivity index (χ1v) is 32.2. The van der Waals surface area contributed by atoms with E-state index in [0.717, 1.165) is 59.2 Å². The zero-order valence-corrected chi connectivity index (χ0v) is 45.2. The Balaban J connectivity index is 7.41. The maximum atomic E-state index is 8.22. The van der Waals surface area contributed by atoms with E-state index in [1.165, 1.54) is 0 Å². The summed E-state index contributed by atoms with van der Waals surface area (Å²) in [5.74, 6) is 3.48. The molecule has 0 radical (unpaired) electrons. The second-order valence-electron chi connectivity index (χ2n) is 17.3. The van der Waals surface area contributed by atoms with Crippen molar-refractivity contribution in [3.8, 4) is 0 Å². The van der Waals surface area contributed by atoms with Crippen LogP contribution < -0.4 is 5.32 Å². The van der Waals surface area contributed by atoms with Gasteiger partial charge in [0.05, 0.1) is 0 Å². The van der Waals surface area contributed by atoms with E-state index < -0.39 is 64.7 Å². The first-order chi connectivity index (χ1) is 22.3. The number of rotatable bonds is 30. The lowest BCUT2D eigenvalue weighted by Crippen LogP contribution is -2.67. The fourth-order valence-electron chi connectivity index (χ4n) is 7.61.